The van der Waals surface area contributed by atoms with Gasteiger partial charge in [0.05, 0.1) is 0 Å². The fourth-order valence-corrected chi connectivity index (χ4v) is 1.86. The van der Waals surface area contributed by atoms with Crippen LogP contribution in [0.2, 0.25) is 0 Å². The van der Waals surface area contributed by atoms with Gasteiger partial charge < -0.3 is 15.5 Å². The van der Waals surface area contributed by atoms with E-state index in [1.807, 2.05) is 25.1 Å². The number of nitrogens with zero attached hydrogens (tertiary/aromatic N) is 1. The van der Waals surface area contributed by atoms with Gasteiger partial charge in [-0.1, -0.05) is 6.07 Å². The van der Waals surface area contributed by atoms with E-state index >= 15 is 0 Å². The van der Waals surface area contributed by atoms with Crippen molar-refractivity contribution in [3.8, 4) is 5.75 Å². The molecule has 0 spiro atoms. The predicted octanol–water partition coefficient (Wildman–Crippen LogP) is 1.47. The third-order valence-electron chi connectivity index (χ3n) is 3.10. The van der Waals surface area contributed by atoms with Crippen LogP contribution in [0, 0.1) is 13.8 Å². The van der Waals surface area contributed by atoms with Crippen LogP contribution in [-0.4, -0.2) is 16.5 Å². The molecular formula is C15H19N3O2. The Morgan fingerprint density at radius 2 is 2.05 bits per heavy atom. The number of aromatic nitrogens is 2. The fraction of sp³-hybridized carbons (Fsp3) is 0.333. The van der Waals surface area contributed by atoms with Gasteiger partial charge in [0.15, 0.2) is 0 Å². The highest BCUT2D eigenvalue weighted by Crippen LogP contribution is 2.17. The molecule has 106 valence electrons. The first-order valence-corrected chi connectivity index (χ1v) is 6.57. The fourth-order valence-electron chi connectivity index (χ4n) is 1.86. The third-order valence-corrected chi connectivity index (χ3v) is 3.10. The van der Waals surface area contributed by atoms with Gasteiger partial charge in [-0.25, -0.2) is 4.98 Å². The highest BCUT2D eigenvalue weighted by atomic mass is 16.5. The molecule has 0 aliphatic rings. The quantitative estimate of drug-likeness (QED) is 0.864. The number of ether oxygens (including phenoxy) is 1. The van der Waals surface area contributed by atoms with Gasteiger partial charge in [-0.2, -0.15) is 0 Å². The van der Waals surface area contributed by atoms with Crippen LogP contribution in [0.1, 0.15) is 22.6 Å². The number of rotatable bonds is 5. The minimum atomic E-state index is -0.179. The molecule has 2 aromatic rings. The molecule has 1 aromatic carbocycles. The van der Waals surface area contributed by atoms with Gasteiger partial charge in [0.1, 0.15) is 18.2 Å². The summed E-state index contributed by atoms with van der Waals surface area (Å²) in [7, 11) is 0. The number of aryl methyl sites for hydroxylation is 2. The van der Waals surface area contributed by atoms with E-state index in [0.717, 1.165) is 5.75 Å². The van der Waals surface area contributed by atoms with Crippen LogP contribution in [0.15, 0.2) is 29.1 Å². The van der Waals surface area contributed by atoms with Crippen LogP contribution < -0.4 is 16.0 Å². The van der Waals surface area contributed by atoms with Gasteiger partial charge in [0.25, 0.3) is 5.56 Å². The molecule has 0 aliphatic heterocycles. The van der Waals surface area contributed by atoms with Gasteiger partial charge in [0, 0.05) is 18.2 Å². The second kappa shape index (κ2) is 6.34. The Kier molecular flexibility index (Phi) is 4.53. The van der Waals surface area contributed by atoms with Gasteiger partial charge >= 0.3 is 0 Å². The number of aromatic amines is 1. The van der Waals surface area contributed by atoms with Gasteiger partial charge in [-0.05, 0) is 43.7 Å². The number of hydrogen-bond acceptors (Lipinski definition) is 4. The summed E-state index contributed by atoms with van der Waals surface area (Å²) in [6.07, 6.45) is 0.584. The lowest BCUT2D eigenvalue weighted by Gasteiger charge is -2.08. The Morgan fingerprint density at radius 1 is 1.25 bits per heavy atom. The van der Waals surface area contributed by atoms with Crippen molar-refractivity contribution in [2.24, 2.45) is 5.73 Å². The maximum atomic E-state index is 11.5. The molecule has 3 N–H and O–H groups in total. The summed E-state index contributed by atoms with van der Waals surface area (Å²) in [5, 5.41) is 0. The molecular weight excluding hydrogens is 254 g/mol. The van der Waals surface area contributed by atoms with Crippen LogP contribution in [0.3, 0.4) is 0 Å². The van der Waals surface area contributed by atoms with E-state index in [2.05, 4.69) is 16.9 Å². The van der Waals surface area contributed by atoms with Crippen LogP contribution in [0.5, 0.6) is 5.75 Å². The highest BCUT2D eigenvalue weighted by molar-refractivity contribution is 5.33. The molecule has 1 aromatic heterocycles. The number of nitrogens with two attached hydrogens (primary N) is 1. The molecule has 0 fully saturated rings. The Morgan fingerprint density at radius 3 is 2.75 bits per heavy atom. The molecule has 0 bridgehead atoms. The maximum Gasteiger partial charge on any atom is 0.251 e. The molecule has 1 heterocycles. The summed E-state index contributed by atoms with van der Waals surface area (Å²) in [5.41, 5.74) is 8.37. The van der Waals surface area contributed by atoms with Crippen molar-refractivity contribution in [3.05, 3.63) is 57.3 Å². The van der Waals surface area contributed by atoms with Crippen LogP contribution in [-0.2, 0) is 13.0 Å². The van der Waals surface area contributed by atoms with E-state index < -0.39 is 0 Å². The summed E-state index contributed by atoms with van der Waals surface area (Å²) >= 11 is 0. The highest BCUT2D eigenvalue weighted by Gasteiger charge is 2.03. The predicted molar refractivity (Wildman–Crippen MR) is 77.9 cm³/mol. The van der Waals surface area contributed by atoms with E-state index in [4.69, 9.17) is 10.5 Å². The molecule has 0 radical (unpaired) electrons. The Labute approximate surface area is 117 Å². The molecule has 20 heavy (non-hydrogen) atoms. The maximum absolute atomic E-state index is 11.5. The molecule has 0 aliphatic carbocycles. The average Bonchev–Trinajstić information content (AvgIpc) is 2.40. The third kappa shape index (κ3) is 3.68. The first-order valence-electron chi connectivity index (χ1n) is 6.57. The van der Waals surface area contributed by atoms with Crippen molar-refractivity contribution in [2.75, 3.05) is 6.54 Å². The minimum absolute atomic E-state index is 0.179. The Hall–Kier alpha value is -2.14. The summed E-state index contributed by atoms with van der Waals surface area (Å²) < 4.78 is 5.65. The summed E-state index contributed by atoms with van der Waals surface area (Å²) in [5.74, 6) is 1.28. The Balaban J connectivity index is 2.10. The van der Waals surface area contributed by atoms with E-state index in [1.54, 1.807) is 0 Å². The van der Waals surface area contributed by atoms with Crippen molar-refractivity contribution in [1.82, 2.24) is 9.97 Å². The molecule has 2 rings (SSSR count). The van der Waals surface area contributed by atoms with E-state index in [9.17, 15) is 4.79 Å². The average molecular weight is 273 g/mol. The number of hydrogen-bond donors (Lipinski definition) is 2. The van der Waals surface area contributed by atoms with E-state index in [0.29, 0.717) is 24.5 Å². The zero-order valence-electron chi connectivity index (χ0n) is 11.8. The zero-order chi connectivity index (χ0) is 14.5. The van der Waals surface area contributed by atoms with Crippen molar-refractivity contribution >= 4 is 0 Å². The van der Waals surface area contributed by atoms with E-state index in [-0.39, 0.29) is 12.2 Å². The van der Waals surface area contributed by atoms with Crippen LogP contribution in [0.25, 0.3) is 0 Å². The first-order chi connectivity index (χ1) is 9.58. The van der Waals surface area contributed by atoms with Gasteiger partial charge in [-0.15, -0.1) is 0 Å². The second-order valence-corrected chi connectivity index (χ2v) is 4.76. The van der Waals surface area contributed by atoms with Crippen LogP contribution in [0.4, 0.5) is 0 Å². The lowest BCUT2D eigenvalue weighted by Crippen LogP contribution is -2.16. The normalized spacial score (nSPS) is 10.6. The minimum Gasteiger partial charge on any atom is -0.486 e. The number of H-pyrrole nitrogens is 1. The molecule has 0 atom stereocenters. The monoisotopic (exact) mass is 273 g/mol. The first kappa shape index (κ1) is 14.3. The molecule has 0 unspecified atom stereocenters. The summed E-state index contributed by atoms with van der Waals surface area (Å²) in [6, 6.07) is 7.35. The molecule has 0 amide bonds. The number of benzene rings is 1. The lowest BCUT2D eigenvalue weighted by atomic mass is 10.1. The second-order valence-electron chi connectivity index (χ2n) is 4.76. The summed E-state index contributed by atoms with van der Waals surface area (Å²) in [4.78, 5) is 18.5. The standard InChI is InChI=1S/C15H19N3O2/c1-10-3-4-13(7-11(10)2)20-9-14-17-12(5-6-16)8-15(19)18-14/h3-4,7-8H,5-6,9,16H2,1-2H3,(H,17,18,19). The molecule has 5 heteroatoms. The zero-order valence-corrected chi connectivity index (χ0v) is 11.8. The Bertz CT molecular complexity index is 650. The van der Waals surface area contributed by atoms with Crippen LogP contribution >= 0.6 is 0 Å². The largest absolute Gasteiger partial charge is 0.486 e. The van der Waals surface area contributed by atoms with Gasteiger partial charge in [-0.3, -0.25) is 4.79 Å². The number of nitrogens with one attached hydrogen (secondary N) is 1. The van der Waals surface area contributed by atoms with E-state index in [1.165, 1.54) is 17.2 Å². The van der Waals surface area contributed by atoms with Crippen molar-refractivity contribution < 1.29 is 4.74 Å². The molecule has 0 saturated carbocycles. The van der Waals surface area contributed by atoms with Crippen molar-refractivity contribution in [2.45, 2.75) is 26.9 Å². The van der Waals surface area contributed by atoms with Gasteiger partial charge in [0.2, 0.25) is 0 Å². The smallest absolute Gasteiger partial charge is 0.251 e. The molecule has 0 saturated heterocycles. The van der Waals surface area contributed by atoms with Crippen molar-refractivity contribution in [1.29, 1.82) is 0 Å². The topological polar surface area (TPSA) is 81.0 Å². The van der Waals surface area contributed by atoms with Crippen molar-refractivity contribution in [3.63, 3.8) is 0 Å². The summed E-state index contributed by atoms with van der Waals surface area (Å²) in [6.45, 7) is 4.78. The SMILES string of the molecule is Cc1ccc(OCc2nc(CCN)cc(=O)[nH]2)cc1C. The molecule has 5 nitrogen and oxygen atoms in total. The lowest BCUT2D eigenvalue weighted by molar-refractivity contribution is 0.294.